The molecule has 5 rings (SSSR count). The molecular weight excluding hydrogens is 354 g/mol. The van der Waals surface area contributed by atoms with E-state index in [9.17, 15) is 15.3 Å². The van der Waals surface area contributed by atoms with Gasteiger partial charge in [-0.1, -0.05) is 24.6 Å². The molecule has 3 aliphatic carbocycles. The van der Waals surface area contributed by atoms with Crippen molar-refractivity contribution in [2.45, 2.75) is 49.1 Å². The van der Waals surface area contributed by atoms with Crippen molar-refractivity contribution >= 4 is 28.7 Å². The molecule has 140 valence electrons. The standard InChI is InChI=1S/C17H23N5O3S/c18-14-10-15(21-16(20-14)26-4-3-8-1-2-8)22(7-19-10)11-9-5-17(9,6-23)13(25)12(11)24/h7-9,11-13,23-25H,1-6H2,(H2,18,20,21)/t9-,11-,12?,13?,17+/m1/s1. The highest BCUT2D eigenvalue weighted by Crippen LogP contribution is 2.67. The quantitative estimate of drug-likeness (QED) is 0.425. The normalized spacial score (nSPS) is 35.8. The average molecular weight is 377 g/mol. The van der Waals surface area contributed by atoms with E-state index in [1.165, 1.54) is 19.3 Å². The Morgan fingerprint density at radius 2 is 2.12 bits per heavy atom. The summed E-state index contributed by atoms with van der Waals surface area (Å²) in [5, 5.41) is 31.2. The summed E-state index contributed by atoms with van der Waals surface area (Å²) in [6, 6.07) is -0.360. The Morgan fingerprint density at radius 1 is 1.31 bits per heavy atom. The van der Waals surface area contributed by atoms with Gasteiger partial charge in [0, 0.05) is 11.2 Å². The number of hydrogen-bond donors (Lipinski definition) is 4. The molecule has 5 N–H and O–H groups in total. The summed E-state index contributed by atoms with van der Waals surface area (Å²) in [5.74, 6) is 2.16. The highest BCUT2D eigenvalue weighted by Gasteiger charge is 2.71. The van der Waals surface area contributed by atoms with E-state index in [1.54, 1.807) is 22.7 Å². The van der Waals surface area contributed by atoms with Crippen LogP contribution >= 0.6 is 11.8 Å². The average Bonchev–Trinajstić information content (AvgIpc) is 3.52. The Kier molecular flexibility index (Phi) is 3.72. The Morgan fingerprint density at radius 3 is 2.81 bits per heavy atom. The first-order valence-corrected chi connectivity index (χ1v) is 10.1. The zero-order valence-corrected chi connectivity index (χ0v) is 15.1. The molecule has 0 radical (unpaired) electrons. The summed E-state index contributed by atoms with van der Waals surface area (Å²) in [7, 11) is 0. The Bertz CT molecular complexity index is 856. The lowest BCUT2D eigenvalue weighted by Gasteiger charge is -2.23. The Balaban J connectivity index is 1.47. The summed E-state index contributed by atoms with van der Waals surface area (Å²) in [6.45, 7) is -0.127. The van der Waals surface area contributed by atoms with Crippen molar-refractivity contribution in [3.63, 3.8) is 0 Å². The molecule has 0 spiro atoms. The number of aromatic nitrogens is 4. The van der Waals surface area contributed by atoms with Crippen LogP contribution in [0.3, 0.4) is 0 Å². The van der Waals surface area contributed by atoms with Crippen molar-refractivity contribution in [2.75, 3.05) is 18.1 Å². The van der Waals surface area contributed by atoms with Crippen LogP contribution < -0.4 is 5.73 Å². The fourth-order valence-corrected chi connectivity index (χ4v) is 5.42. The van der Waals surface area contributed by atoms with E-state index in [2.05, 4.69) is 15.0 Å². The predicted octanol–water partition coefficient (Wildman–Crippen LogP) is 0.576. The molecule has 0 amide bonds. The minimum Gasteiger partial charge on any atom is -0.396 e. The van der Waals surface area contributed by atoms with Crippen LogP contribution in [-0.4, -0.2) is 59.4 Å². The van der Waals surface area contributed by atoms with Crippen LogP contribution in [0.4, 0.5) is 5.82 Å². The van der Waals surface area contributed by atoms with E-state index in [0.717, 1.165) is 11.7 Å². The first kappa shape index (κ1) is 16.7. The first-order chi connectivity index (χ1) is 12.5. The highest BCUT2D eigenvalue weighted by molar-refractivity contribution is 7.99. The van der Waals surface area contributed by atoms with E-state index in [1.807, 2.05) is 0 Å². The van der Waals surface area contributed by atoms with E-state index in [0.29, 0.717) is 28.6 Å². The summed E-state index contributed by atoms with van der Waals surface area (Å²) in [6.07, 6.45) is 4.22. The molecule has 3 saturated carbocycles. The lowest BCUT2D eigenvalue weighted by atomic mass is 10.0. The molecule has 0 aliphatic heterocycles. The summed E-state index contributed by atoms with van der Waals surface area (Å²) in [4.78, 5) is 13.3. The maximum atomic E-state index is 10.5. The first-order valence-electron chi connectivity index (χ1n) is 9.15. The van der Waals surface area contributed by atoms with Gasteiger partial charge in [0.15, 0.2) is 16.6 Å². The molecule has 26 heavy (non-hydrogen) atoms. The molecule has 2 aromatic rings. The maximum Gasteiger partial charge on any atom is 0.191 e. The second-order valence-corrected chi connectivity index (χ2v) is 8.99. The number of thioether (sulfide) groups is 1. The zero-order chi connectivity index (χ0) is 18.1. The predicted molar refractivity (Wildman–Crippen MR) is 96.5 cm³/mol. The minimum atomic E-state index is -0.958. The SMILES string of the molecule is Nc1nc(SCCC2CC2)nc2c1ncn2[C@H]1C(O)C(O)[C@]2(CO)C[C@H]12. The van der Waals surface area contributed by atoms with Crippen LogP contribution in [-0.2, 0) is 0 Å². The summed E-state index contributed by atoms with van der Waals surface area (Å²) >= 11 is 1.59. The van der Waals surface area contributed by atoms with Gasteiger partial charge in [-0.3, -0.25) is 0 Å². The van der Waals surface area contributed by atoms with E-state index < -0.39 is 17.6 Å². The molecule has 9 heteroatoms. The third kappa shape index (κ3) is 2.37. The largest absolute Gasteiger partial charge is 0.396 e. The van der Waals surface area contributed by atoms with Crippen molar-refractivity contribution in [1.82, 2.24) is 19.5 Å². The van der Waals surface area contributed by atoms with Gasteiger partial charge in [0.05, 0.1) is 25.1 Å². The van der Waals surface area contributed by atoms with Gasteiger partial charge in [-0.05, 0) is 24.7 Å². The number of aliphatic hydroxyl groups is 3. The molecule has 0 aromatic carbocycles. The number of imidazole rings is 1. The number of anilines is 1. The van der Waals surface area contributed by atoms with Gasteiger partial charge in [0.2, 0.25) is 0 Å². The van der Waals surface area contributed by atoms with Gasteiger partial charge in [0.1, 0.15) is 11.6 Å². The smallest absolute Gasteiger partial charge is 0.191 e. The minimum absolute atomic E-state index is 0.0112. The van der Waals surface area contributed by atoms with E-state index in [4.69, 9.17) is 5.73 Å². The van der Waals surface area contributed by atoms with Gasteiger partial charge >= 0.3 is 0 Å². The highest BCUT2D eigenvalue weighted by atomic mass is 32.2. The Hall–Kier alpha value is -1.42. The second kappa shape index (κ2) is 5.79. The second-order valence-electron chi connectivity index (χ2n) is 7.92. The molecule has 3 aliphatic rings. The third-order valence-corrected chi connectivity index (χ3v) is 7.23. The fourth-order valence-electron chi connectivity index (χ4n) is 4.47. The van der Waals surface area contributed by atoms with Gasteiger partial charge in [-0.15, -0.1) is 0 Å². The van der Waals surface area contributed by atoms with Crippen LogP contribution in [0.2, 0.25) is 0 Å². The number of nitrogens with two attached hydrogens (primary N) is 1. The topological polar surface area (TPSA) is 130 Å². The van der Waals surface area contributed by atoms with E-state index >= 15 is 0 Å². The monoisotopic (exact) mass is 377 g/mol. The third-order valence-electron chi connectivity index (χ3n) is 6.35. The summed E-state index contributed by atoms with van der Waals surface area (Å²) < 4.78 is 1.81. The van der Waals surface area contributed by atoms with Crippen LogP contribution in [0.15, 0.2) is 11.5 Å². The van der Waals surface area contributed by atoms with Crippen molar-refractivity contribution in [2.24, 2.45) is 17.3 Å². The van der Waals surface area contributed by atoms with Crippen LogP contribution in [0.5, 0.6) is 0 Å². The number of hydrogen-bond acceptors (Lipinski definition) is 8. The number of aliphatic hydroxyl groups excluding tert-OH is 3. The maximum absolute atomic E-state index is 10.5. The molecule has 0 saturated heterocycles. The van der Waals surface area contributed by atoms with E-state index in [-0.39, 0.29) is 18.6 Å². The molecule has 2 unspecified atom stereocenters. The number of rotatable bonds is 6. The number of fused-ring (bicyclic) bond motifs is 2. The van der Waals surface area contributed by atoms with Crippen molar-refractivity contribution in [1.29, 1.82) is 0 Å². The van der Waals surface area contributed by atoms with Gasteiger partial charge in [0.25, 0.3) is 0 Å². The fraction of sp³-hybridized carbons (Fsp3) is 0.706. The number of nitrogen functional groups attached to an aromatic ring is 1. The van der Waals surface area contributed by atoms with Crippen molar-refractivity contribution < 1.29 is 15.3 Å². The molecule has 8 nitrogen and oxygen atoms in total. The summed E-state index contributed by atoms with van der Waals surface area (Å²) in [5.41, 5.74) is 6.58. The number of nitrogens with zero attached hydrogens (tertiary/aromatic N) is 4. The van der Waals surface area contributed by atoms with Gasteiger partial charge in [-0.2, -0.15) is 0 Å². The van der Waals surface area contributed by atoms with Crippen LogP contribution in [0.1, 0.15) is 31.7 Å². The molecule has 3 fully saturated rings. The lowest BCUT2D eigenvalue weighted by molar-refractivity contribution is -0.0300. The zero-order valence-electron chi connectivity index (χ0n) is 14.3. The van der Waals surface area contributed by atoms with Crippen LogP contribution in [0.25, 0.3) is 11.2 Å². The van der Waals surface area contributed by atoms with Crippen LogP contribution in [0, 0.1) is 17.3 Å². The van der Waals surface area contributed by atoms with Crippen molar-refractivity contribution in [3.8, 4) is 0 Å². The van der Waals surface area contributed by atoms with Crippen molar-refractivity contribution in [3.05, 3.63) is 6.33 Å². The molecule has 0 bridgehead atoms. The van der Waals surface area contributed by atoms with Gasteiger partial charge < -0.3 is 25.6 Å². The molecule has 5 atom stereocenters. The molecule has 2 aromatic heterocycles. The molecular formula is C17H23N5O3S. The lowest BCUT2D eigenvalue weighted by Crippen LogP contribution is -2.35. The van der Waals surface area contributed by atoms with Gasteiger partial charge in [-0.25, -0.2) is 15.0 Å². The Labute approximate surface area is 154 Å². The molecule has 2 heterocycles.